The highest BCUT2D eigenvalue weighted by molar-refractivity contribution is 7.89. The Bertz CT molecular complexity index is 614. The van der Waals surface area contributed by atoms with Crippen LogP contribution in [0.25, 0.3) is 0 Å². The molecule has 1 aromatic rings. The van der Waals surface area contributed by atoms with Gasteiger partial charge < -0.3 is 0 Å². The summed E-state index contributed by atoms with van der Waals surface area (Å²) in [4.78, 5) is -0.229. The van der Waals surface area contributed by atoms with E-state index >= 15 is 0 Å². The molecule has 19 heavy (non-hydrogen) atoms. The van der Waals surface area contributed by atoms with Gasteiger partial charge >= 0.3 is 0 Å². The highest BCUT2D eigenvalue weighted by Crippen LogP contribution is 2.65. The second-order valence-corrected chi connectivity index (χ2v) is 7.75. The van der Waals surface area contributed by atoms with Crippen LogP contribution in [0.3, 0.4) is 0 Å². The quantitative estimate of drug-likeness (QED) is 0.922. The van der Waals surface area contributed by atoms with Crippen LogP contribution in [0, 0.1) is 29.5 Å². The topological polar surface area (TPSA) is 46.2 Å². The minimum Gasteiger partial charge on any atom is -0.207 e. The standard InChI is InChI=1S/C14H16FNO2S/c15-10-3-1-2-4-11(10)19(17,18)16-14-12-8-5-6-9(7-8)13(12)14/h1-4,8-9,12-14,16H,5-7H2. The van der Waals surface area contributed by atoms with Gasteiger partial charge in [-0.15, -0.1) is 0 Å². The van der Waals surface area contributed by atoms with Crippen molar-refractivity contribution in [2.24, 2.45) is 23.7 Å². The van der Waals surface area contributed by atoms with Gasteiger partial charge in [-0.2, -0.15) is 0 Å². The van der Waals surface area contributed by atoms with Crippen molar-refractivity contribution in [3.05, 3.63) is 30.1 Å². The fourth-order valence-corrected chi connectivity index (χ4v) is 5.77. The van der Waals surface area contributed by atoms with E-state index in [1.807, 2.05) is 0 Å². The van der Waals surface area contributed by atoms with Crippen molar-refractivity contribution in [1.29, 1.82) is 0 Å². The lowest BCUT2D eigenvalue weighted by Crippen LogP contribution is -2.30. The van der Waals surface area contributed by atoms with Gasteiger partial charge in [0.1, 0.15) is 10.7 Å². The van der Waals surface area contributed by atoms with Gasteiger partial charge in [-0.25, -0.2) is 17.5 Å². The second kappa shape index (κ2) is 3.79. The molecule has 3 saturated carbocycles. The molecule has 0 aliphatic heterocycles. The molecule has 102 valence electrons. The molecule has 2 bridgehead atoms. The van der Waals surface area contributed by atoms with Gasteiger partial charge in [0.2, 0.25) is 10.0 Å². The molecule has 4 unspecified atom stereocenters. The monoisotopic (exact) mass is 281 g/mol. The number of rotatable bonds is 3. The summed E-state index contributed by atoms with van der Waals surface area (Å²) in [6.07, 6.45) is 3.75. The number of nitrogens with one attached hydrogen (secondary N) is 1. The number of sulfonamides is 1. The minimum absolute atomic E-state index is 0.0517. The van der Waals surface area contributed by atoms with E-state index in [9.17, 15) is 12.8 Å². The molecule has 1 N–H and O–H groups in total. The Kier molecular flexibility index (Phi) is 2.37. The third-order valence-corrected chi connectivity index (χ3v) is 6.65. The van der Waals surface area contributed by atoms with Crippen LogP contribution in [-0.2, 0) is 10.0 Å². The molecule has 0 heterocycles. The number of hydrogen-bond acceptors (Lipinski definition) is 2. The van der Waals surface area contributed by atoms with E-state index in [-0.39, 0.29) is 10.9 Å². The summed E-state index contributed by atoms with van der Waals surface area (Å²) in [5.41, 5.74) is 0. The van der Waals surface area contributed by atoms with Gasteiger partial charge in [0.25, 0.3) is 0 Å². The largest absolute Gasteiger partial charge is 0.243 e. The average molecular weight is 281 g/mol. The molecule has 3 fully saturated rings. The van der Waals surface area contributed by atoms with Crippen LogP contribution in [0.5, 0.6) is 0 Å². The highest BCUT2D eigenvalue weighted by Gasteiger charge is 2.65. The van der Waals surface area contributed by atoms with Crippen molar-refractivity contribution in [1.82, 2.24) is 4.72 Å². The van der Waals surface area contributed by atoms with E-state index in [4.69, 9.17) is 0 Å². The van der Waals surface area contributed by atoms with Crippen molar-refractivity contribution in [3.8, 4) is 0 Å². The first-order valence-electron chi connectivity index (χ1n) is 6.85. The van der Waals surface area contributed by atoms with Gasteiger partial charge in [-0.1, -0.05) is 12.1 Å². The van der Waals surface area contributed by atoms with Crippen molar-refractivity contribution in [2.75, 3.05) is 0 Å². The van der Waals surface area contributed by atoms with E-state index in [2.05, 4.69) is 4.72 Å². The van der Waals surface area contributed by atoms with Crippen LogP contribution in [0.15, 0.2) is 29.2 Å². The molecule has 4 atom stereocenters. The van der Waals surface area contributed by atoms with Gasteiger partial charge in [0.15, 0.2) is 0 Å². The minimum atomic E-state index is -3.71. The number of fused-ring (bicyclic) bond motifs is 5. The lowest BCUT2D eigenvalue weighted by Gasteiger charge is -2.11. The lowest BCUT2D eigenvalue weighted by atomic mass is 10.0. The molecule has 0 saturated heterocycles. The van der Waals surface area contributed by atoms with Crippen LogP contribution >= 0.6 is 0 Å². The van der Waals surface area contributed by atoms with Crippen LogP contribution in [0.4, 0.5) is 4.39 Å². The van der Waals surface area contributed by atoms with E-state index in [0.29, 0.717) is 23.7 Å². The Balaban J connectivity index is 1.57. The molecule has 3 aliphatic carbocycles. The zero-order chi connectivity index (χ0) is 13.2. The maximum absolute atomic E-state index is 13.6. The van der Waals surface area contributed by atoms with E-state index in [1.54, 1.807) is 6.07 Å². The second-order valence-electron chi connectivity index (χ2n) is 6.07. The first-order chi connectivity index (χ1) is 9.08. The highest BCUT2D eigenvalue weighted by atomic mass is 32.2. The first kappa shape index (κ1) is 11.9. The molecular formula is C14H16FNO2S. The molecule has 3 nitrogen and oxygen atoms in total. The Morgan fingerprint density at radius 2 is 1.74 bits per heavy atom. The summed E-state index contributed by atoms with van der Waals surface area (Å²) < 4.78 is 40.7. The summed E-state index contributed by atoms with van der Waals surface area (Å²) in [5.74, 6) is 1.75. The maximum Gasteiger partial charge on any atom is 0.243 e. The predicted molar refractivity (Wildman–Crippen MR) is 68.3 cm³/mol. The Labute approximate surface area is 112 Å². The van der Waals surface area contributed by atoms with Crippen molar-refractivity contribution in [3.63, 3.8) is 0 Å². The number of hydrogen-bond donors (Lipinski definition) is 1. The zero-order valence-corrected chi connectivity index (χ0v) is 11.2. The molecular weight excluding hydrogens is 265 g/mol. The van der Waals surface area contributed by atoms with Crippen LogP contribution in [0.2, 0.25) is 0 Å². The van der Waals surface area contributed by atoms with E-state index < -0.39 is 15.8 Å². The van der Waals surface area contributed by atoms with Crippen molar-refractivity contribution >= 4 is 10.0 Å². The molecule has 3 aliphatic rings. The Morgan fingerprint density at radius 3 is 2.37 bits per heavy atom. The summed E-state index contributed by atoms with van der Waals surface area (Å²) in [6, 6.07) is 5.61. The average Bonchev–Trinajstić information content (AvgIpc) is 2.77. The summed E-state index contributed by atoms with van der Waals surface area (Å²) in [6.45, 7) is 0. The molecule has 0 radical (unpaired) electrons. The summed E-state index contributed by atoms with van der Waals surface area (Å²) in [5, 5.41) is 0. The Morgan fingerprint density at radius 1 is 1.11 bits per heavy atom. The Hall–Kier alpha value is -0.940. The van der Waals surface area contributed by atoms with E-state index in [0.717, 1.165) is 0 Å². The van der Waals surface area contributed by atoms with Crippen LogP contribution in [0.1, 0.15) is 19.3 Å². The molecule has 1 aromatic carbocycles. The number of benzene rings is 1. The fraction of sp³-hybridized carbons (Fsp3) is 0.571. The van der Waals surface area contributed by atoms with Gasteiger partial charge in [-0.3, -0.25) is 0 Å². The predicted octanol–water partition coefficient (Wildman–Crippen LogP) is 2.15. The third-order valence-electron chi connectivity index (χ3n) is 5.15. The van der Waals surface area contributed by atoms with E-state index in [1.165, 1.54) is 37.5 Å². The fourth-order valence-electron chi connectivity index (χ4n) is 4.39. The molecule has 0 aromatic heterocycles. The smallest absolute Gasteiger partial charge is 0.207 e. The SMILES string of the molecule is O=S(=O)(NC1C2C3CCC(C3)C12)c1ccccc1F. The normalized spacial score (nSPS) is 39.3. The summed E-state index contributed by atoms with van der Waals surface area (Å²) in [7, 11) is -3.71. The van der Waals surface area contributed by atoms with Crippen LogP contribution in [-0.4, -0.2) is 14.5 Å². The molecule has 0 spiro atoms. The lowest BCUT2D eigenvalue weighted by molar-refractivity contribution is 0.456. The van der Waals surface area contributed by atoms with Crippen molar-refractivity contribution in [2.45, 2.75) is 30.2 Å². The third kappa shape index (κ3) is 1.68. The maximum atomic E-state index is 13.6. The molecule has 0 amide bonds. The van der Waals surface area contributed by atoms with Gasteiger partial charge in [0, 0.05) is 6.04 Å². The number of halogens is 1. The zero-order valence-electron chi connectivity index (χ0n) is 10.4. The van der Waals surface area contributed by atoms with Gasteiger partial charge in [-0.05, 0) is 55.1 Å². The first-order valence-corrected chi connectivity index (χ1v) is 8.33. The van der Waals surface area contributed by atoms with Crippen LogP contribution < -0.4 is 4.72 Å². The molecule has 5 heteroatoms. The van der Waals surface area contributed by atoms with Gasteiger partial charge in [0.05, 0.1) is 0 Å². The van der Waals surface area contributed by atoms with Crippen molar-refractivity contribution < 1.29 is 12.8 Å². The summed E-state index contributed by atoms with van der Waals surface area (Å²) >= 11 is 0. The molecule has 4 rings (SSSR count).